The largest absolute Gasteiger partial charge is 0.389 e. The normalized spacial score (nSPS) is 35.0. The minimum absolute atomic E-state index is 0.00792. The van der Waals surface area contributed by atoms with E-state index in [1.165, 1.54) is 0 Å². The van der Waals surface area contributed by atoms with Crippen LogP contribution in [-0.4, -0.2) is 70.5 Å². The van der Waals surface area contributed by atoms with Crippen molar-refractivity contribution in [1.82, 2.24) is 14.9 Å². The summed E-state index contributed by atoms with van der Waals surface area (Å²) in [4.78, 5) is 23.5. The molecular weight excluding hydrogens is 322 g/mol. The Morgan fingerprint density at radius 3 is 2.84 bits per heavy atom. The van der Waals surface area contributed by atoms with E-state index in [-0.39, 0.29) is 23.8 Å². The predicted octanol–water partition coefficient (Wildman–Crippen LogP) is 0.667. The van der Waals surface area contributed by atoms with Gasteiger partial charge in [0, 0.05) is 62.9 Å². The Labute approximate surface area is 147 Å². The molecule has 0 saturated carbocycles. The van der Waals surface area contributed by atoms with Crippen LogP contribution in [0.5, 0.6) is 0 Å². The number of aromatic nitrogens is 2. The van der Waals surface area contributed by atoms with Gasteiger partial charge in [-0.3, -0.25) is 4.79 Å². The molecule has 0 spiro atoms. The number of likely N-dealkylation sites (tertiary alicyclic amines) is 1. The third kappa shape index (κ3) is 2.84. The Bertz CT molecular complexity index is 638. The predicted molar refractivity (Wildman–Crippen MR) is 89.0 cm³/mol. The van der Waals surface area contributed by atoms with Crippen molar-refractivity contribution in [2.75, 3.05) is 33.0 Å². The highest BCUT2D eigenvalue weighted by Crippen LogP contribution is 2.44. The van der Waals surface area contributed by atoms with Crippen LogP contribution in [0.25, 0.3) is 0 Å². The Hall–Kier alpha value is -1.57. The maximum Gasteiger partial charge on any atom is 0.257 e. The molecule has 3 aliphatic rings. The zero-order chi connectivity index (χ0) is 17.4. The van der Waals surface area contributed by atoms with Crippen molar-refractivity contribution in [2.24, 2.45) is 11.8 Å². The van der Waals surface area contributed by atoms with Crippen LogP contribution in [0, 0.1) is 11.8 Å². The first kappa shape index (κ1) is 16.9. The number of fused-ring (bicyclic) bond motifs is 3. The van der Waals surface area contributed by atoms with Crippen LogP contribution in [-0.2, 0) is 15.9 Å². The second-order valence-electron chi connectivity index (χ2n) is 7.25. The molecule has 0 bridgehead atoms. The highest BCUT2D eigenvalue weighted by Gasteiger charge is 2.56. The van der Waals surface area contributed by atoms with Crippen LogP contribution in [0.3, 0.4) is 0 Å². The molecule has 4 rings (SSSR count). The molecule has 4 atom stereocenters. The first-order chi connectivity index (χ1) is 12.1. The maximum absolute atomic E-state index is 13.1. The third-order valence-corrected chi connectivity index (χ3v) is 5.98. The van der Waals surface area contributed by atoms with Crippen molar-refractivity contribution >= 4 is 5.91 Å². The van der Waals surface area contributed by atoms with Crippen molar-refractivity contribution in [2.45, 2.75) is 37.8 Å². The Kier molecular flexibility index (Phi) is 4.47. The van der Waals surface area contributed by atoms with Gasteiger partial charge in [0.05, 0.1) is 24.4 Å². The second kappa shape index (κ2) is 6.63. The summed E-state index contributed by atoms with van der Waals surface area (Å²) in [5, 5.41) is 11.3. The van der Waals surface area contributed by atoms with Crippen molar-refractivity contribution in [3.8, 4) is 0 Å². The SMILES string of the molecule is CCc1ncc(C(=O)N2C[C@@H]3COCC[C@]3(O)[C@H]3COCC[C@H]32)cn1. The number of carbonyl (C=O) groups is 1. The van der Waals surface area contributed by atoms with Crippen LogP contribution in [0.1, 0.15) is 35.9 Å². The summed E-state index contributed by atoms with van der Waals surface area (Å²) < 4.78 is 11.2. The first-order valence-electron chi connectivity index (χ1n) is 9.13. The van der Waals surface area contributed by atoms with Crippen LogP contribution >= 0.6 is 0 Å². The van der Waals surface area contributed by atoms with Gasteiger partial charge in [-0.1, -0.05) is 6.92 Å². The van der Waals surface area contributed by atoms with E-state index in [1.807, 2.05) is 11.8 Å². The van der Waals surface area contributed by atoms with Gasteiger partial charge in [0.15, 0.2) is 0 Å². The van der Waals surface area contributed by atoms with Crippen molar-refractivity contribution in [1.29, 1.82) is 0 Å². The average molecular weight is 347 g/mol. The topological polar surface area (TPSA) is 84.8 Å². The van der Waals surface area contributed by atoms with Crippen molar-refractivity contribution in [3.63, 3.8) is 0 Å². The summed E-state index contributed by atoms with van der Waals surface area (Å²) in [7, 11) is 0. The summed E-state index contributed by atoms with van der Waals surface area (Å²) in [6.45, 7) is 4.65. The summed E-state index contributed by atoms with van der Waals surface area (Å²) in [6, 6.07) is -0.00792. The van der Waals surface area contributed by atoms with Crippen LogP contribution in [0.15, 0.2) is 12.4 Å². The lowest BCUT2D eigenvalue weighted by molar-refractivity contribution is -0.212. The molecule has 4 heterocycles. The van der Waals surface area contributed by atoms with Gasteiger partial charge in [-0.15, -0.1) is 0 Å². The van der Waals surface area contributed by atoms with Crippen LogP contribution in [0.4, 0.5) is 0 Å². The highest BCUT2D eigenvalue weighted by atomic mass is 16.5. The van der Waals surface area contributed by atoms with E-state index in [0.29, 0.717) is 45.0 Å². The van der Waals surface area contributed by atoms with Crippen molar-refractivity contribution in [3.05, 3.63) is 23.8 Å². The van der Waals surface area contributed by atoms with E-state index in [1.54, 1.807) is 12.4 Å². The van der Waals surface area contributed by atoms with Gasteiger partial charge in [-0.25, -0.2) is 9.97 Å². The van der Waals surface area contributed by atoms with Gasteiger partial charge >= 0.3 is 0 Å². The zero-order valence-electron chi connectivity index (χ0n) is 14.6. The van der Waals surface area contributed by atoms with Crippen LogP contribution < -0.4 is 0 Å². The molecule has 3 fully saturated rings. The lowest BCUT2D eigenvalue weighted by Gasteiger charge is -2.57. The van der Waals surface area contributed by atoms with Gasteiger partial charge < -0.3 is 19.5 Å². The molecule has 3 aliphatic heterocycles. The molecule has 25 heavy (non-hydrogen) atoms. The lowest BCUT2D eigenvalue weighted by atomic mass is 9.66. The maximum atomic E-state index is 13.1. The Morgan fingerprint density at radius 2 is 2.08 bits per heavy atom. The second-order valence-corrected chi connectivity index (χ2v) is 7.25. The number of aliphatic hydroxyl groups is 1. The molecule has 1 aromatic heterocycles. The molecule has 1 N–H and O–H groups in total. The molecule has 7 nitrogen and oxygen atoms in total. The number of aryl methyl sites for hydroxylation is 1. The summed E-state index contributed by atoms with van der Waals surface area (Å²) >= 11 is 0. The summed E-state index contributed by atoms with van der Waals surface area (Å²) in [5.74, 6) is 0.522. The van der Waals surface area contributed by atoms with Gasteiger partial charge in [0.2, 0.25) is 0 Å². The number of ether oxygens (including phenoxy) is 2. The molecule has 1 amide bonds. The molecule has 7 heteroatoms. The average Bonchev–Trinajstić information content (AvgIpc) is 2.67. The number of hydrogen-bond donors (Lipinski definition) is 1. The fourth-order valence-corrected chi connectivity index (χ4v) is 4.51. The molecule has 0 aromatic carbocycles. The Morgan fingerprint density at radius 1 is 1.32 bits per heavy atom. The van der Waals surface area contributed by atoms with E-state index in [9.17, 15) is 9.90 Å². The minimum Gasteiger partial charge on any atom is -0.389 e. The fourth-order valence-electron chi connectivity index (χ4n) is 4.51. The van der Waals surface area contributed by atoms with Gasteiger partial charge in [0.25, 0.3) is 5.91 Å². The molecule has 1 aromatic rings. The molecular formula is C18H25N3O4. The number of nitrogens with zero attached hydrogens (tertiary/aromatic N) is 3. The first-order valence-corrected chi connectivity index (χ1v) is 9.13. The smallest absolute Gasteiger partial charge is 0.257 e. The number of carbonyl (C=O) groups excluding carboxylic acids is 1. The fraction of sp³-hybridized carbons (Fsp3) is 0.722. The number of rotatable bonds is 2. The van der Waals surface area contributed by atoms with E-state index in [0.717, 1.165) is 18.7 Å². The number of hydrogen-bond acceptors (Lipinski definition) is 6. The standard InChI is InChI=1S/C18H25N3O4/c1-2-16-19-7-12(8-20-16)17(22)21-9-13-10-25-6-4-18(13,23)14-11-24-5-3-15(14)21/h7-8,13-15,23H,2-6,9-11H2,1H3/t13-,14+,15-,18-/m1/s1. The summed E-state index contributed by atoms with van der Waals surface area (Å²) in [5.41, 5.74) is -0.299. The van der Waals surface area contributed by atoms with E-state index in [4.69, 9.17) is 9.47 Å². The lowest BCUT2D eigenvalue weighted by Crippen LogP contribution is -2.68. The van der Waals surface area contributed by atoms with Gasteiger partial charge in [0.1, 0.15) is 5.82 Å². The Balaban J connectivity index is 1.62. The molecule has 136 valence electrons. The minimum atomic E-state index is -0.803. The van der Waals surface area contributed by atoms with E-state index < -0.39 is 5.60 Å². The molecule has 3 saturated heterocycles. The highest BCUT2D eigenvalue weighted by molar-refractivity contribution is 5.94. The monoisotopic (exact) mass is 347 g/mol. The van der Waals surface area contributed by atoms with E-state index in [2.05, 4.69) is 9.97 Å². The summed E-state index contributed by atoms with van der Waals surface area (Å²) in [6.07, 6.45) is 5.33. The van der Waals surface area contributed by atoms with Gasteiger partial charge in [-0.2, -0.15) is 0 Å². The zero-order valence-corrected chi connectivity index (χ0v) is 14.6. The number of piperidine rings is 1. The molecule has 0 unspecified atom stereocenters. The quantitative estimate of drug-likeness (QED) is 0.846. The van der Waals surface area contributed by atoms with Crippen LogP contribution in [0.2, 0.25) is 0 Å². The van der Waals surface area contributed by atoms with Crippen molar-refractivity contribution < 1.29 is 19.4 Å². The molecule has 0 radical (unpaired) electrons. The third-order valence-electron chi connectivity index (χ3n) is 5.98. The molecule has 0 aliphatic carbocycles. The van der Waals surface area contributed by atoms with Gasteiger partial charge in [-0.05, 0) is 6.42 Å². The van der Waals surface area contributed by atoms with E-state index >= 15 is 0 Å². The number of amides is 1.